The maximum atomic E-state index is 6.22. The van der Waals surface area contributed by atoms with Gasteiger partial charge in [-0.25, -0.2) is 0 Å². The molecule has 0 amide bonds. The number of nitrogens with zero attached hydrogens (tertiary/aromatic N) is 2. The Balaban J connectivity index is 2.22. The Labute approximate surface area is 107 Å². The van der Waals surface area contributed by atoms with Crippen molar-refractivity contribution in [3.8, 4) is 5.88 Å². The fraction of sp³-hybridized carbons (Fsp3) is 0.429. The van der Waals surface area contributed by atoms with Gasteiger partial charge in [-0.2, -0.15) is 5.10 Å². The lowest BCUT2D eigenvalue weighted by Crippen LogP contribution is -2.44. The lowest BCUT2D eigenvalue weighted by molar-refractivity contribution is 0.201. The summed E-state index contributed by atoms with van der Waals surface area (Å²) in [6.07, 6.45) is 3.49. The van der Waals surface area contributed by atoms with Gasteiger partial charge in [-0.15, -0.1) is 5.10 Å². The first-order valence-electron chi connectivity index (χ1n) is 6.30. The van der Waals surface area contributed by atoms with Crippen LogP contribution in [-0.4, -0.2) is 22.3 Å². The molecule has 0 saturated heterocycles. The van der Waals surface area contributed by atoms with E-state index in [1.165, 1.54) is 0 Å². The molecule has 0 aliphatic rings. The molecule has 0 aliphatic heterocycles. The van der Waals surface area contributed by atoms with Crippen molar-refractivity contribution in [1.29, 1.82) is 0 Å². The molecule has 1 heterocycles. The maximum absolute atomic E-state index is 6.22. The molecule has 0 radical (unpaired) electrons. The van der Waals surface area contributed by atoms with Gasteiger partial charge < -0.3 is 10.5 Å². The van der Waals surface area contributed by atoms with E-state index in [4.69, 9.17) is 10.5 Å². The van der Waals surface area contributed by atoms with Crippen molar-refractivity contribution < 1.29 is 4.74 Å². The minimum Gasteiger partial charge on any atom is -0.474 e. The number of hydrogen-bond acceptors (Lipinski definition) is 4. The largest absolute Gasteiger partial charge is 0.474 e. The lowest BCUT2D eigenvalue weighted by Gasteiger charge is -2.26. The average Bonchev–Trinajstić information content (AvgIpc) is 2.44. The Morgan fingerprint density at radius 1 is 1.22 bits per heavy atom. The fourth-order valence-corrected chi connectivity index (χ4v) is 1.77. The molecule has 1 aromatic heterocycles. The molecule has 4 nitrogen and oxygen atoms in total. The second-order valence-electron chi connectivity index (χ2n) is 4.60. The lowest BCUT2D eigenvalue weighted by atomic mass is 9.96. The number of rotatable bonds is 5. The zero-order chi connectivity index (χ0) is 13.0. The smallest absolute Gasteiger partial charge is 0.241 e. The summed E-state index contributed by atoms with van der Waals surface area (Å²) in [6.45, 7) is 4.60. The van der Waals surface area contributed by atoms with E-state index in [-0.39, 0.29) is 5.54 Å². The van der Waals surface area contributed by atoms with Crippen molar-refractivity contribution in [2.75, 3.05) is 6.61 Å². The fourth-order valence-electron chi connectivity index (χ4n) is 1.77. The Bertz CT molecular complexity index is 518. The average molecular weight is 245 g/mol. The number of ether oxygens (including phenoxy) is 1. The summed E-state index contributed by atoms with van der Waals surface area (Å²) in [7, 11) is 0. The summed E-state index contributed by atoms with van der Waals surface area (Å²) in [5, 5.41) is 10.0. The van der Waals surface area contributed by atoms with Crippen LogP contribution in [-0.2, 0) is 0 Å². The van der Waals surface area contributed by atoms with Crippen LogP contribution in [0.5, 0.6) is 5.88 Å². The Kier molecular flexibility index (Phi) is 3.77. The van der Waals surface area contributed by atoms with E-state index in [0.717, 1.165) is 23.6 Å². The molecule has 18 heavy (non-hydrogen) atoms. The minimum absolute atomic E-state index is 0.293. The van der Waals surface area contributed by atoms with Crippen LogP contribution in [0.3, 0.4) is 0 Å². The van der Waals surface area contributed by atoms with E-state index in [1.807, 2.05) is 24.3 Å². The second kappa shape index (κ2) is 5.31. The molecular weight excluding hydrogens is 226 g/mol. The molecule has 0 saturated carbocycles. The highest BCUT2D eigenvalue weighted by molar-refractivity contribution is 5.85. The maximum Gasteiger partial charge on any atom is 0.241 e. The van der Waals surface area contributed by atoms with Crippen molar-refractivity contribution in [1.82, 2.24) is 10.2 Å². The predicted molar refractivity (Wildman–Crippen MR) is 72.5 cm³/mol. The van der Waals surface area contributed by atoms with Crippen LogP contribution in [0.4, 0.5) is 0 Å². The van der Waals surface area contributed by atoms with E-state index < -0.39 is 0 Å². The third-order valence-electron chi connectivity index (χ3n) is 3.44. The number of benzene rings is 1. The van der Waals surface area contributed by atoms with Gasteiger partial charge >= 0.3 is 0 Å². The minimum atomic E-state index is -0.293. The molecule has 0 fully saturated rings. The number of fused-ring (bicyclic) bond motifs is 1. The van der Waals surface area contributed by atoms with Crippen molar-refractivity contribution in [3.05, 3.63) is 30.5 Å². The van der Waals surface area contributed by atoms with Crippen molar-refractivity contribution in [2.24, 2.45) is 5.73 Å². The van der Waals surface area contributed by atoms with Gasteiger partial charge in [0.15, 0.2) is 0 Å². The van der Waals surface area contributed by atoms with Crippen LogP contribution in [0.1, 0.15) is 26.7 Å². The first kappa shape index (κ1) is 12.8. The molecule has 2 N–H and O–H groups in total. The Morgan fingerprint density at radius 2 is 1.94 bits per heavy atom. The van der Waals surface area contributed by atoms with Crippen LogP contribution >= 0.6 is 0 Å². The van der Waals surface area contributed by atoms with E-state index >= 15 is 0 Å². The van der Waals surface area contributed by atoms with Gasteiger partial charge in [-0.3, -0.25) is 0 Å². The molecule has 1 aromatic carbocycles. The van der Waals surface area contributed by atoms with Gasteiger partial charge in [-0.1, -0.05) is 32.0 Å². The third-order valence-corrected chi connectivity index (χ3v) is 3.44. The van der Waals surface area contributed by atoms with E-state index in [0.29, 0.717) is 12.5 Å². The number of nitrogens with two attached hydrogens (primary N) is 1. The second-order valence-corrected chi connectivity index (χ2v) is 4.60. The van der Waals surface area contributed by atoms with E-state index in [9.17, 15) is 0 Å². The Hall–Kier alpha value is -1.68. The van der Waals surface area contributed by atoms with Gasteiger partial charge in [0.05, 0.1) is 6.20 Å². The predicted octanol–water partition coefficient (Wildman–Crippen LogP) is 2.53. The molecule has 0 aliphatic carbocycles. The zero-order valence-corrected chi connectivity index (χ0v) is 10.9. The van der Waals surface area contributed by atoms with E-state index in [2.05, 4.69) is 24.0 Å². The molecule has 0 unspecified atom stereocenters. The van der Waals surface area contributed by atoms with Crippen molar-refractivity contribution in [2.45, 2.75) is 32.2 Å². The highest BCUT2D eigenvalue weighted by Gasteiger charge is 2.21. The van der Waals surface area contributed by atoms with Gasteiger partial charge in [-0.05, 0) is 18.9 Å². The number of hydrogen-bond donors (Lipinski definition) is 1. The van der Waals surface area contributed by atoms with E-state index in [1.54, 1.807) is 6.20 Å². The highest BCUT2D eigenvalue weighted by Crippen LogP contribution is 2.22. The van der Waals surface area contributed by atoms with Crippen LogP contribution in [0.15, 0.2) is 30.5 Å². The summed E-state index contributed by atoms with van der Waals surface area (Å²) in [5.74, 6) is 0.560. The highest BCUT2D eigenvalue weighted by atomic mass is 16.5. The van der Waals surface area contributed by atoms with Crippen LogP contribution in [0.25, 0.3) is 10.8 Å². The summed E-state index contributed by atoms with van der Waals surface area (Å²) in [5.41, 5.74) is 5.92. The van der Waals surface area contributed by atoms with Gasteiger partial charge in [0, 0.05) is 16.3 Å². The first-order chi connectivity index (χ1) is 8.68. The summed E-state index contributed by atoms with van der Waals surface area (Å²) >= 11 is 0. The molecule has 0 bridgehead atoms. The molecule has 2 rings (SSSR count). The summed E-state index contributed by atoms with van der Waals surface area (Å²) in [4.78, 5) is 0. The molecule has 4 heteroatoms. The third kappa shape index (κ3) is 2.59. The van der Waals surface area contributed by atoms with Crippen LogP contribution in [0, 0.1) is 0 Å². The monoisotopic (exact) mass is 245 g/mol. The standard InChI is InChI=1S/C14H19N3O/c1-3-14(15,4-2)10-18-13-12-8-6-5-7-11(12)9-16-17-13/h5-9H,3-4,10,15H2,1-2H3. The molecular formula is C14H19N3O. The SMILES string of the molecule is CCC(N)(CC)COc1nncc2ccccc12. The molecule has 0 spiro atoms. The number of aromatic nitrogens is 2. The Morgan fingerprint density at radius 3 is 2.67 bits per heavy atom. The topological polar surface area (TPSA) is 61.0 Å². The van der Waals surface area contributed by atoms with Crippen molar-refractivity contribution in [3.63, 3.8) is 0 Å². The summed E-state index contributed by atoms with van der Waals surface area (Å²) in [6, 6.07) is 7.91. The van der Waals surface area contributed by atoms with Crippen LogP contribution < -0.4 is 10.5 Å². The first-order valence-corrected chi connectivity index (χ1v) is 6.30. The van der Waals surface area contributed by atoms with Gasteiger partial charge in [0.25, 0.3) is 0 Å². The quantitative estimate of drug-likeness (QED) is 0.879. The normalized spacial score (nSPS) is 11.7. The van der Waals surface area contributed by atoms with Crippen molar-refractivity contribution >= 4 is 10.8 Å². The van der Waals surface area contributed by atoms with Gasteiger partial charge in [0.2, 0.25) is 5.88 Å². The molecule has 96 valence electrons. The molecule has 2 aromatic rings. The van der Waals surface area contributed by atoms with Crippen LogP contribution in [0.2, 0.25) is 0 Å². The zero-order valence-electron chi connectivity index (χ0n) is 10.9. The molecule has 0 atom stereocenters. The summed E-state index contributed by atoms with van der Waals surface area (Å²) < 4.78 is 5.77. The van der Waals surface area contributed by atoms with Gasteiger partial charge in [0.1, 0.15) is 6.61 Å².